The van der Waals surface area contributed by atoms with Crippen LogP contribution >= 0.6 is 0 Å². The summed E-state index contributed by atoms with van der Waals surface area (Å²) >= 11 is 0. The summed E-state index contributed by atoms with van der Waals surface area (Å²) in [6.07, 6.45) is 10.4. The average Bonchev–Trinajstić information content (AvgIpc) is 2.80. The number of para-hydroxylation sites is 1. The van der Waals surface area contributed by atoms with Crippen LogP contribution in [0.4, 0.5) is 0 Å². The lowest BCUT2D eigenvalue weighted by Crippen LogP contribution is -2.29. The predicted octanol–water partition coefficient (Wildman–Crippen LogP) is 4.59. The van der Waals surface area contributed by atoms with Gasteiger partial charge in [-0.05, 0) is 55.7 Å². The maximum Gasteiger partial charge on any atom is 0.0480 e. The largest absolute Gasteiger partial charge is 0.347 e. The molecule has 0 bridgehead atoms. The second-order valence-electron chi connectivity index (χ2n) is 6.69. The van der Waals surface area contributed by atoms with Crippen LogP contribution in [0.2, 0.25) is 0 Å². The first-order chi connectivity index (χ1) is 10.3. The molecule has 2 unspecified atom stereocenters. The maximum atomic E-state index is 3.78. The number of aryl methyl sites for hydroxylation is 1. The molecule has 2 atom stereocenters. The Bertz CT molecular complexity index is 557. The molecule has 1 heterocycles. The fourth-order valence-corrected chi connectivity index (χ4v) is 3.58. The monoisotopic (exact) mass is 284 g/mol. The SMILES string of the molecule is CC1CCCC(NCCCn2ccc3ccccc32)CC1. The number of nitrogens with one attached hydrogen (secondary N) is 1. The second-order valence-corrected chi connectivity index (χ2v) is 6.69. The van der Waals surface area contributed by atoms with Crippen LogP contribution in [-0.4, -0.2) is 17.2 Å². The molecule has 1 aliphatic rings. The second kappa shape index (κ2) is 7.13. The van der Waals surface area contributed by atoms with Gasteiger partial charge in [-0.3, -0.25) is 0 Å². The topological polar surface area (TPSA) is 17.0 Å². The Kier molecular flexibility index (Phi) is 4.97. The number of hydrogen-bond donors (Lipinski definition) is 1. The molecule has 1 fully saturated rings. The van der Waals surface area contributed by atoms with Crippen LogP contribution in [0.5, 0.6) is 0 Å². The van der Waals surface area contributed by atoms with E-state index in [1.165, 1.54) is 49.4 Å². The van der Waals surface area contributed by atoms with Gasteiger partial charge in [0.1, 0.15) is 0 Å². The highest BCUT2D eigenvalue weighted by Crippen LogP contribution is 2.22. The normalized spacial score (nSPS) is 23.3. The van der Waals surface area contributed by atoms with Crippen molar-refractivity contribution in [3.63, 3.8) is 0 Å². The van der Waals surface area contributed by atoms with Gasteiger partial charge in [0.05, 0.1) is 0 Å². The Balaban J connectivity index is 1.44. The van der Waals surface area contributed by atoms with E-state index in [9.17, 15) is 0 Å². The minimum atomic E-state index is 0.761. The van der Waals surface area contributed by atoms with E-state index in [-0.39, 0.29) is 0 Å². The molecule has 0 amide bonds. The van der Waals surface area contributed by atoms with Gasteiger partial charge in [0.15, 0.2) is 0 Å². The van der Waals surface area contributed by atoms with E-state index >= 15 is 0 Å². The number of fused-ring (bicyclic) bond motifs is 1. The fourth-order valence-electron chi connectivity index (χ4n) is 3.58. The lowest BCUT2D eigenvalue weighted by Gasteiger charge is -2.16. The smallest absolute Gasteiger partial charge is 0.0480 e. The van der Waals surface area contributed by atoms with Crippen molar-refractivity contribution in [2.75, 3.05) is 6.54 Å². The summed E-state index contributed by atoms with van der Waals surface area (Å²) in [5.74, 6) is 0.933. The van der Waals surface area contributed by atoms with Gasteiger partial charge in [-0.2, -0.15) is 0 Å². The molecule has 114 valence electrons. The molecule has 1 saturated carbocycles. The predicted molar refractivity (Wildman–Crippen MR) is 90.6 cm³/mol. The van der Waals surface area contributed by atoms with Crippen molar-refractivity contribution >= 4 is 10.9 Å². The quantitative estimate of drug-likeness (QED) is 0.627. The first-order valence-electron chi connectivity index (χ1n) is 8.60. The zero-order chi connectivity index (χ0) is 14.5. The Morgan fingerprint density at radius 3 is 2.95 bits per heavy atom. The standard InChI is InChI=1S/C19H28N2/c1-16-6-4-8-18(11-10-16)20-13-5-14-21-15-12-17-7-2-3-9-19(17)21/h2-3,7,9,12,15-16,18,20H,4-6,8,10-11,13-14H2,1H3. The van der Waals surface area contributed by atoms with Gasteiger partial charge in [0.2, 0.25) is 0 Å². The highest BCUT2D eigenvalue weighted by molar-refractivity contribution is 5.79. The molecule has 0 saturated heterocycles. The molecule has 2 aromatic rings. The molecular formula is C19H28N2. The van der Waals surface area contributed by atoms with Crippen LogP contribution in [0, 0.1) is 5.92 Å². The summed E-state index contributed by atoms with van der Waals surface area (Å²) < 4.78 is 2.38. The molecule has 2 heteroatoms. The summed E-state index contributed by atoms with van der Waals surface area (Å²) in [7, 11) is 0. The highest BCUT2D eigenvalue weighted by atomic mass is 15.0. The summed E-state index contributed by atoms with van der Waals surface area (Å²) in [5.41, 5.74) is 1.36. The molecule has 21 heavy (non-hydrogen) atoms. The van der Waals surface area contributed by atoms with Gasteiger partial charge in [0.25, 0.3) is 0 Å². The lowest BCUT2D eigenvalue weighted by atomic mass is 10.0. The van der Waals surface area contributed by atoms with Crippen molar-refractivity contribution in [2.45, 2.75) is 58.0 Å². The number of hydrogen-bond acceptors (Lipinski definition) is 1. The van der Waals surface area contributed by atoms with Gasteiger partial charge in [0, 0.05) is 24.3 Å². The molecule has 1 aliphatic carbocycles. The number of benzene rings is 1. The molecule has 0 radical (unpaired) electrons. The molecule has 0 spiro atoms. The Morgan fingerprint density at radius 2 is 2.00 bits per heavy atom. The zero-order valence-corrected chi connectivity index (χ0v) is 13.2. The van der Waals surface area contributed by atoms with E-state index in [2.05, 4.69) is 53.3 Å². The van der Waals surface area contributed by atoms with E-state index in [0.717, 1.165) is 25.0 Å². The molecule has 1 aromatic heterocycles. The van der Waals surface area contributed by atoms with Crippen LogP contribution in [0.1, 0.15) is 45.4 Å². The number of rotatable bonds is 5. The van der Waals surface area contributed by atoms with E-state index in [1.54, 1.807) is 0 Å². The van der Waals surface area contributed by atoms with Crippen molar-refractivity contribution < 1.29 is 0 Å². The van der Waals surface area contributed by atoms with E-state index in [1.807, 2.05) is 0 Å². The maximum absolute atomic E-state index is 3.78. The first-order valence-corrected chi connectivity index (χ1v) is 8.60. The van der Waals surface area contributed by atoms with E-state index in [0.29, 0.717) is 0 Å². The van der Waals surface area contributed by atoms with Crippen molar-refractivity contribution in [2.24, 2.45) is 5.92 Å². The summed E-state index contributed by atoms with van der Waals surface area (Å²) in [5, 5.41) is 5.13. The van der Waals surface area contributed by atoms with Crippen LogP contribution in [-0.2, 0) is 6.54 Å². The van der Waals surface area contributed by atoms with Gasteiger partial charge < -0.3 is 9.88 Å². The third-order valence-corrected chi connectivity index (χ3v) is 4.95. The van der Waals surface area contributed by atoms with Crippen molar-refractivity contribution in [3.8, 4) is 0 Å². The molecule has 1 aromatic carbocycles. The van der Waals surface area contributed by atoms with E-state index < -0.39 is 0 Å². The van der Waals surface area contributed by atoms with Crippen molar-refractivity contribution in [1.29, 1.82) is 0 Å². The third kappa shape index (κ3) is 3.88. The fraction of sp³-hybridized carbons (Fsp3) is 0.579. The average molecular weight is 284 g/mol. The highest BCUT2D eigenvalue weighted by Gasteiger charge is 2.15. The Hall–Kier alpha value is -1.28. The van der Waals surface area contributed by atoms with Gasteiger partial charge in [-0.1, -0.05) is 38.0 Å². The Labute approximate surface area is 128 Å². The van der Waals surface area contributed by atoms with E-state index in [4.69, 9.17) is 0 Å². The minimum Gasteiger partial charge on any atom is -0.347 e. The summed E-state index contributed by atoms with van der Waals surface area (Å²) in [6.45, 7) is 4.66. The molecule has 0 aliphatic heterocycles. The van der Waals surface area contributed by atoms with Gasteiger partial charge >= 0.3 is 0 Å². The zero-order valence-electron chi connectivity index (χ0n) is 13.2. The third-order valence-electron chi connectivity index (χ3n) is 4.95. The van der Waals surface area contributed by atoms with Crippen LogP contribution < -0.4 is 5.32 Å². The van der Waals surface area contributed by atoms with Gasteiger partial charge in [-0.15, -0.1) is 0 Å². The number of aromatic nitrogens is 1. The van der Waals surface area contributed by atoms with Crippen molar-refractivity contribution in [3.05, 3.63) is 36.5 Å². The Morgan fingerprint density at radius 1 is 1.10 bits per heavy atom. The van der Waals surface area contributed by atoms with Crippen molar-refractivity contribution in [1.82, 2.24) is 9.88 Å². The minimum absolute atomic E-state index is 0.761. The number of nitrogens with zero attached hydrogens (tertiary/aromatic N) is 1. The lowest BCUT2D eigenvalue weighted by molar-refractivity contribution is 0.438. The van der Waals surface area contributed by atoms with Crippen LogP contribution in [0.3, 0.4) is 0 Å². The molecule has 1 N–H and O–H groups in total. The van der Waals surface area contributed by atoms with Gasteiger partial charge in [-0.25, -0.2) is 0 Å². The molecular weight excluding hydrogens is 256 g/mol. The van der Waals surface area contributed by atoms with Crippen LogP contribution in [0.15, 0.2) is 36.5 Å². The summed E-state index contributed by atoms with van der Waals surface area (Å²) in [4.78, 5) is 0. The summed E-state index contributed by atoms with van der Waals surface area (Å²) in [6, 6.07) is 11.6. The van der Waals surface area contributed by atoms with Crippen LogP contribution in [0.25, 0.3) is 10.9 Å². The first kappa shape index (κ1) is 14.6. The molecule has 2 nitrogen and oxygen atoms in total. The molecule has 3 rings (SSSR count).